The van der Waals surface area contributed by atoms with Crippen LogP contribution < -0.4 is 15.4 Å². The Balaban J connectivity index is 1.78. The molecule has 124 valence electrons. The van der Waals surface area contributed by atoms with Crippen molar-refractivity contribution in [3.8, 4) is 5.75 Å². The first kappa shape index (κ1) is 17.0. The van der Waals surface area contributed by atoms with Crippen LogP contribution in [0.1, 0.15) is 5.56 Å². The maximum Gasteiger partial charge on any atom is 0.224 e. The van der Waals surface area contributed by atoms with E-state index in [0.29, 0.717) is 5.95 Å². The number of anilines is 2. The van der Waals surface area contributed by atoms with Gasteiger partial charge in [-0.1, -0.05) is 12.1 Å². The van der Waals surface area contributed by atoms with Gasteiger partial charge >= 0.3 is 0 Å². The second-order valence-corrected chi connectivity index (χ2v) is 5.52. The van der Waals surface area contributed by atoms with E-state index in [1.165, 1.54) is 5.56 Å². The van der Waals surface area contributed by atoms with E-state index in [9.17, 15) is 0 Å². The zero-order valence-electron chi connectivity index (χ0n) is 14.0. The highest BCUT2D eigenvalue weighted by molar-refractivity contribution is 5.39. The third-order valence-corrected chi connectivity index (χ3v) is 3.38. The molecule has 0 saturated carbocycles. The van der Waals surface area contributed by atoms with E-state index in [1.54, 1.807) is 13.3 Å². The van der Waals surface area contributed by atoms with E-state index >= 15 is 0 Å². The molecule has 0 atom stereocenters. The van der Waals surface area contributed by atoms with Crippen LogP contribution in [0.25, 0.3) is 0 Å². The van der Waals surface area contributed by atoms with Crippen LogP contribution in [0.4, 0.5) is 11.8 Å². The predicted molar refractivity (Wildman–Crippen MR) is 94.3 cm³/mol. The predicted octanol–water partition coefficient (Wildman–Crippen LogP) is 2.11. The smallest absolute Gasteiger partial charge is 0.224 e. The van der Waals surface area contributed by atoms with Gasteiger partial charge in [-0.25, -0.2) is 4.98 Å². The maximum absolute atomic E-state index is 5.16. The molecule has 2 rings (SSSR count). The molecule has 0 aliphatic heterocycles. The van der Waals surface area contributed by atoms with Crippen molar-refractivity contribution in [2.45, 2.75) is 6.42 Å². The summed E-state index contributed by atoms with van der Waals surface area (Å²) in [7, 11) is 5.77. The largest absolute Gasteiger partial charge is 0.497 e. The first-order valence-electron chi connectivity index (χ1n) is 7.76. The first-order chi connectivity index (χ1) is 11.2. The molecule has 0 bridgehead atoms. The topological polar surface area (TPSA) is 62.3 Å². The van der Waals surface area contributed by atoms with Gasteiger partial charge in [0, 0.05) is 25.8 Å². The molecule has 0 fully saturated rings. The summed E-state index contributed by atoms with van der Waals surface area (Å²) in [4.78, 5) is 10.8. The third-order valence-electron chi connectivity index (χ3n) is 3.38. The minimum Gasteiger partial charge on any atom is -0.497 e. The lowest BCUT2D eigenvalue weighted by molar-refractivity contribution is 0.414. The fourth-order valence-electron chi connectivity index (χ4n) is 2.06. The molecule has 23 heavy (non-hydrogen) atoms. The molecule has 2 N–H and O–H groups in total. The van der Waals surface area contributed by atoms with Gasteiger partial charge in [-0.05, 0) is 44.3 Å². The molecule has 2 aromatic rings. The Hall–Kier alpha value is -2.34. The SMILES string of the molecule is COc1ccc(CCNc2nccc(NCCN(C)C)n2)cc1. The fourth-order valence-corrected chi connectivity index (χ4v) is 2.06. The van der Waals surface area contributed by atoms with Gasteiger partial charge in [-0.2, -0.15) is 4.98 Å². The standard InChI is InChI=1S/C17H25N5O/c1-22(2)13-12-18-16-9-11-20-17(21-16)19-10-8-14-4-6-15(23-3)7-5-14/h4-7,9,11H,8,10,12-13H2,1-3H3,(H2,18,19,20,21). The highest BCUT2D eigenvalue weighted by Crippen LogP contribution is 2.12. The van der Waals surface area contributed by atoms with E-state index in [2.05, 4.69) is 37.6 Å². The molecule has 0 saturated heterocycles. The van der Waals surface area contributed by atoms with Gasteiger partial charge < -0.3 is 20.3 Å². The summed E-state index contributed by atoms with van der Waals surface area (Å²) < 4.78 is 5.16. The molecule has 0 unspecified atom stereocenters. The Morgan fingerprint density at radius 2 is 1.83 bits per heavy atom. The van der Waals surface area contributed by atoms with E-state index in [-0.39, 0.29) is 0 Å². The molecular weight excluding hydrogens is 290 g/mol. The second-order valence-electron chi connectivity index (χ2n) is 5.52. The monoisotopic (exact) mass is 315 g/mol. The number of likely N-dealkylation sites (N-methyl/N-ethyl adjacent to an activating group) is 1. The van der Waals surface area contributed by atoms with Crippen molar-refractivity contribution in [1.29, 1.82) is 0 Å². The zero-order chi connectivity index (χ0) is 16.5. The molecular formula is C17H25N5O. The minimum atomic E-state index is 0.647. The van der Waals surface area contributed by atoms with Crippen LogP contribution in [0.2, 0.25) is 0 Å². The average Bonchev–Trinajstić information content (AvgIpc) is 2.56. The van der Waals surface area contributed by atoms with Gasteiger partial charge in [-0.3, -0.25) is 0 Å². The number of rotatable bonds is 9. The molecule has 0 radical (unpaired) electrons. The fraction of sp³-hybridized carbons (Fsp3) is 0.412. The van der Waals surface area contributed by atoms with Gasteiger partial charge in [0.05, 0.1) is 7.11 Å². The maximum atomic E-state index is 5.16. The van der Waals surface area contributed by atoms with Crippen molar-refractivity contribution in [2.75, 3.05) is 51.5 Å². The number of aromatic nitrogens is 2. The molecule has 1 heterocycles. The Bertz CT molecular complexity index is 586. The third kappa shape index (κ3) is 6.12. The lowest BCUT2D eigenvalue weighted by atomic mass is 10.1. The minimum absolute atomic E-state index is 0.647. The van der Waals surface area contributed by atoms with Gasteiger partial charge in [-0.15, -0.1) is 0 Å². The highest BCUT2D eigenvalue weighted by Gasteiger charge is 2.00. The van der Waals surface area contributed by atoms with E-state index < -0.39 is 0 Å². The molecule has 6 nitrogen and oxygen atoms in total. The highest BCUT2D eigenvalue weighted by atomic mass is 16.5. The van der Waals surface area contributed by atoms with Gasteiger partial charge in [0.1, 0.15) is 11.6 Å². The first-order valence-corrected chi connectivity index (χ1v) is 7.76. The Labute approximate surface area is 137 Å². The number of benzene rings is 1. The van der Waals surface area contributed by atoms with Crippen molar-refractivity contribution < 1.29 is 4.74 Å². The number of nitrogens with zero attached hydrogens (tertiary/aromatic N) is 3. The summed E-state index contributed by atoms with van der Waals surface area (Å²) in [5, 5.41) is 6.55. The molecule has 0 spiro atoms. The van der Waals surface area contributed by atoms with Gasteiger partial charge in [0.15, 0.2) is 0 Å². The van der Waals surface area contributed by atoms with Crippen LogP contribution in [-0.2, 0) is 6.42 Å². The average molecular weight is 315 g/mol. The second kappa shape index (κ2) is 8.95. The van der Waals surface area contributed by atoms with E-state index in [0.717, 1.165) is 37.6 Å². The number of ether oxygens (including phenoxy) is 1. The molecule has 1 aromatic heterocycles. The molecule has 0 aliphatic rings. The Kier molecular flexibility index (Phi) is 6.62. The quantitative estimate of drug-likeness (QED) is 0.739. The van der Waals surface area contributed by atoms with Crippen LogP contribution in [-0.4, -0.2) is 55.7 Å². The summed E-state index contributed by atoms with van der Waals surface area (Å²) in [5.74, 6) is 2.36. The Morgan fingerprint density at radius 1 is 1.04 bits per heavy atom. The van der Waals surface area contributed by atoms with Gasteiger partial charge in [0.25, 0.3) is 0 Å². The van der Waals surface area contributed by atoms with E-state index in [4.69, 9.17) is 4.74 Å². The summed E-state index contributed by atoms with van der Waals surface area (Å²) in [6.45, 7) is 2.60. The van der Waals surface area contributed by atoms with Crippen LogP contribution >= 0.6 is 0 Å². The van der Waals surface area contributed by atoms with Crippen molar-refractivity contribution in [2.24, 2.45) is 0 Å². The summed E-state index contributed by atoms with van der Waals surface area (Å²) in [5.41, 5.74) is 1.25. The van der Waals surface area contributed by atoms with Crippen LogP contribution in [0, 0.1) is 0 Å². The van der Waals surface area contributed by atoms with E-state index in [1.807, 2.05) is 32.3 Å². The lowest BCUT2D eigenvalue weighted by Crippen LogP contribution is -2.21. The summed E-state index contributed by atoms with van der Waals surface area (Å²) >= 11 is 0. The Morgan fingerprint density at radius 3 is 2.52 bits per heavy atom. The molecule has 0 aliphatic carbocycles. The van der Waals surface area contributed by atoms with Crippen molar-refractivity contribution >= 4 is 11.8 Å². The van der Waals surface area contributed by atoms with Gasteiger partial charge in [0.2, 0.25) is 5.95 Å². The molecule has 0 amide bonds. The molecule has 6 heteroatoms. The number of methoxy groups -OCH3 is 1. The number of hydrogen-bond acceptors (Lipinski definition) is 6. The summed E-state index contributed by atoms with van der Waals surface area (Å²) in [6, 6.07) is 9.97. The summed E-state index contributed by atoms with van der Waals surface area (Å²) in [6.07, 6.45) is 2.67. The number of nitrogens with one attached hydrogen (secondary N) is 2. The van der Waals surface area contributed by atoms with Crippen LogP contribution in [0.3, 0.4) is 0 Å². The zero-order valence-corrected chi connectivity index (χ0v) is 14.0. The van der Waals surface area contributed by atoms with Crippen molar-refractivity contribution in [3.63, 3.8) is 0 Å². The molecule has 1 aromatic carbocycles. The van der Waals surface area contributed by atoms with Crippen LogP contribution in [0.15, 0.2) is 36.5 Å². The normalized spacial score (nSPS) is 10.6. The van der Waals surface area contributed by atoms with Crippen molar-refractivity contribution in [3.05, 3.63) is 42.1 Å². The number of hydrogen-bond donors (Lipinski definition) is 2. The lowest BCUT2D eigenvalue weighted by Gasteiger charge is -2.11. The van der Waals surface area contributed by atoms with Crippen molar-refractivity contribution in [1.82, 2.24) is 14.9 Å². The van der Waals surface area contributed by atoms with Crippen LogP contribution in [0.5, 0.6) is 5.75 Å².